The molecule has 2 amide bonds. The summed E-state index contributed by atoms with van der Waals surface area (Å²) < 4.78 is 5.17. The number of amides is 2. The molecule has 5 heteroatoms. The number of imide groups is 1. The smallest absolute Gasteiger partial charge is 0.292 e. The summed E-state index contributed by atoms with van der Waals surface area (Å²) in [5.41, 5.74) is 1.18. The monoisotopic (exact) mass is 383 g/mol. The number of hydrogen-bond donors (Lipinski definition) is 1. The zero-order chi connectivity index (χ0) is 19.3. The van der Waals surface area contributed by atoms with Crippen molar-refractivity contribution in [2.75, 3.05) is 18.6 Å². The second-order valence-electron chi connectivity index (χ2n) is 9.77. The molecule has 1 atom stereocenters. The van der Waals surface area contributed by atoms with Gasteiger partial charge in [0.2, 0.25) is 5.91 Å². The molecule has 150 valence electrons. The number of benzene rings is 1. The van der Waals surface area contributed by atoms with E-state index in [2.05, 4.69) is 5.32 Å². The van der Waals surface area contributed by atoms with Gasteiger partial charge in [0.25, 0.3) is 5.91 Å². The molecule has 28 heavy (non-hydrogen) atoms. The fourth-order valence-corrected chi connectivity index (χ4v) is 7.03. The van der Waals surface area contributed by atoms with E-state index in [0.717, 1.165) is 30.0 Å². The Kier molecular flexibility index (Phi) is 4.46. The lowest BCUT2D eigenvalue weighted by molar-refractivity contribution is -0.676. The highest BCUT2D eigenvalue weighted by Crippen LogP contribution is 2.61. The topological polar surface area (TPSA) is 63.2 Å². The predicted molar refractivity (Wildman–Crippen MR) is 106 cm³/mol. The molecule has 4 saturated carbocycles. The van der Waals surface area contributed by atoms with Crippen molar-refractivity contribution >= 4 is 17.5 Å². The minimum atomic E-state index is -0.261. The van der Waals surface area contributed by atoms with Crippen molar-refractivity contribution in [1.82, 2.24) is 0 Å². The fourth-order valence-electron chi connectivity index (χ4n) is 7.03. The van der Waals surface area contributed by atoms with Gasteiger partial charge in [0.05, 0.1) is 25.8 Å². The molecule has 2 N–H and O–H groups in total. The number of nitrogens with zero attached hydrogens (tertiary/aromatic N) is 1. The van der Waals surface area contributed by atoms with E-state index in [9.17, 15) is 9.59 Å². The Bertz CT molecular complexity index is 737. The van der Waals surface area contributed by atoms with E-state index in [4.69, 9.17) is 4.74 Å². The molecule has 5 aliphatic rings. The molecule has 4 bridgehead atoms. The maximum atomic E-state index is 12.9. The van der Waals surface area contributed by atoms with Crippen LogP contribution in [0.2, 0.25) is 0 Å². The summed E-state index contributed by atoms with van der Waals surface area (Å²) in [6, 6.07) is 6.89. The van der Waals surface area contributed by atoms with Gasteiger partial charge in [0, 0.05) is 6.42 Å². The Morgan fingerprint density at radius 1 is 1.04 bits per heavy atom. The number of methoxy groups -OCH3 is 1. The molecule has 1 heterocycles. The van der Waals surface area contributed by atoms with E-state index < -0.39 is 0 Å². The van der Waals surface area contributed by atoms with Crippen molar-refractivity contribution in [3.63, 3.8) is 0 Å². The summed E-state index contributed by atoms with van der Waals surface area (Å²) in [6.45, 7) is 0.965. The van der Waals surface area contributed by atoms with Gasteiger partial charge in [0.15, 0.2) is 6.04 Å². The van der Waals surface area contributed by atoms with Gasteiger partial charge in [-0.1, -0.05) is 0 Å². The summed E-state index contributed by atoms with van der Waals surface area (Å²) in [7, 11) is 1.61. The molecular weight excluding hydrogens is 352 g/mol. The molecule has 0 aromatic heterocycles. The van der Waals surface area contributed by atoms with Crippen molar-refractivity contribution in [3.8, 4) is 5.75 Å². The lowest BCUT2D eigenvalue weighted by Gasteiger charge is -2.56. The van der Waals surface area contributed by atoms with Crippen LogP contribution >= 0.6 is 0 Å². The Hall–Kier alpha value is -1.88. The highest BCUT2D eigenvalue weighted by molar-refractivity contribution is 6.21. The first-order chi connectivity index (χ1) is 13.5. The van der Waals surface area contributed by atoms with Crippen molar-refractivity contribution in [2.24, 2.45) is 23.2 Å². The molecule has 1 aromatic carbocycles. The van der Waals surface area contributed by atoms with Crippen LogP contribution < -0.4 is 15.0 Å². The minimum Gasteiger partial charge on any atom is -0.497 e. The van der Waals surface area contributed by atoms with Crippen LogP contribution in [0.25, 0.3) is 0 Å². The van der Waals surface area contributed by atoms with E-state index in [0.29, 0.717) is 17.5 Å². The van der Waals surface area contributed by atoms with Crippen LogP contribution in [0.3, 0.4) is 0 Å². The largest absolute Gasteiger partial charge is 0.497 e. The van der Waals surface area contributed by atoms with Gasteiger partial charge in [-0.3, -0.25) is 9.59 Å². The number of nitrogens with two attached hydrogens (primary N) is 1. The second-order valence-corrected chi connectivity index (χ2v) is 9.77. The van der Waals surface area contributed by atoms with E-state index >= 15 is 0 Å². The van der Waals surface area contributed by atoms with Crippen LogP contribution in [0.15, 0.2) is 24.3 Å². The number of anilines is 1. The van der Waals surface area contributed by atoms with Crippen LogP contribution in [-0.2, 0) is 9.59 Å². The first kappa shape index (κ1) is 18.2. The quantitative estimate of drug-likeness (QED) is 0.768. The van der Waals surface area contributed by atoms with Gasteiger partial charge in [-0.25, -0.2) is 4.90 Å². The SMILES string of the molecule is COc1ccc(N2C(=O)C[C@H]([NH2+]CCC34CC5CC(CC(C5)C3)C4)C2=O)cc1. The van der Waals surface area contributed by atoms with Crippen LogP contribution in [0.5, 0.6) is 5.75 Å². The zero-order valence-electron chi connectivity index (χ0n) is 16.7. The third-order valence-electron chi connectivity index (χ3n) is 7.80. The third kappa shape index (κ3) is 3.14. The highest BCUT2D eigenvalue weighted by atomic mass is 16.5. The number of quaternary nitrogens is 1. The van der Waals surface area contributed by atoms with Crippen LogP contribution in [0.1, 0.15) is 51.4 Å². The number of carbonyl (C=O) groups is 2. The molecule has 0 spiro atoms. The average Bonchev–Trinajstić information content (AvgIpc) is 2.94. The van der Waals surface area contributed by atoms with Crippen molar-refractivity contribution in [2.45, 2.75) is 57.4 Å². The Balaban J connectivity index is 1.20. The summed E-state index contributed by atoms with van der Waals surface area (Å²) in [4.78, 5) is 26.7. The summed E-state index contributed by atoms with van der Waals surface area (Å²) in [5, 5.41) is 2.14. The lowest BCUT2D eigenvalue weighted by atomic mass is 9.49. The molecule has 5 nitrogen and oxygen atoms in total. The zero-order valence-corrected chi connectivity index (χ0v) is 16.7. The van der Waals surface area contributed by atoms with Gasteiger partial charge >= 0.3 is 0 Å². The summed E-state index contributed by atoms with van der Waals surface area (Å²) in [6.07, 6.45) is 10.1. The normalized spacial score (nSPS) is 36.4. The van der Waals surface area contributed by atoms with Gasteiger partial charge in [0.1, 0.15) is 5.75 Å². The Labute approximate surface area is 166 Å². The van der Waals surface area contributed by atoms with Crippen LogP contribution in [0, 0.1) is 23.2 Å². The molecule has 5 fully saturated rings. The van der Waals surface area contributed by atoms with E-state index in [1.54, 1.807) is 31.4 Å². The van der Waals surface area contributed by atoms with Gasteiger partial charge in [-0.15, -0.1) is 0 Å². The number of ether oxygens (including phenoxy) is 1. The first-order valence-electron chi connectivity index (χ1n) is 10.9. The summed E-state index contributed by atoms with van der Waals surface area (Å²) in [5.74, 6) is 3.46. The predicted octanol–water partition coefficient (Wildman–Crippen LogP) is 2.50. The molecular formula is C23H31N2O3+. The number of hydrogen-bond acceptors (Lipinski definition) is 3. The van der Waals surface area contributed by atoms with Crippen molar-refractivity contribution in [1.29, 1.82) is 0 Å². The number of carbonyl (C=O) groups excluding carboxylic acids is 2. The molecule has 1 aromatic rings. The maximum absolute atomic E-state index is 12.9. The lowest BCUT2D eigenvalue weighted by Crippen LogP contribution is -2.92. The standard InChI is InChI=1S/C23H30N2O3/c1-28-19-4-2-18(3-5-19)25-21(26)11-20(22(25)27)24-7-6-23-12-15-8-16(13-23)10-17(9-15)14-23/h2-5,15-17,20,24H,6-14H2,1H3/p+1/t15?,16?,17?,20-,23?/m0/s1. The molecule has 0 unspecified atom stereocenters. The van der Waals surface area contributed by atoms with Crippen molar-refractivity contribution in [3.05, 3.63) is 24.3 Å². The third-order valence-corrected chi connectivity index (χ3v) is 7.80. The van der Waals surface area contributed by atoms with Crippen LogP contribution in [0.4, 0.5) is 5.69 Å². The molecule has 1 aliphatic heterocycles. The van der Waals surface area contributed by atoms with E-state index in [-0.39, 0.29) is 17.9 Å². The fraction of sp³-hybridized carbons (Fsp3) is 0.652. The second kappa shape index (κ2) is 6.87. The average molecular weight is 384 g/mol. The van der Waals surface area contributed by atoms with Crippen molar-refractivity contribution < 1.29 is 19.6 Å². The molecule has 4 aliphatic carbocycles. The summed E-state index contributed by atoms with van der Waals surface area (Å²) >= 11 is 0. The van der Waals surface area contributed by atoms with Gasteiger partial charge in [-0.2, -0.15) is 0 Å². The van der Waals surface area contributed by atoms with Gasteiger partial charge in [-0.05, 0) is 86.0 Å². The van der Waals surface area contributed by atoms with E-state index in [1.807, 2.05) is 0 Å². The maximum Gasteiger partial charge on any atom is 0.292 e. The Morgan fingerprint density at radius 3 is 2.21 bits per heavy atom. The van der Waals surface area contributed by atoms with Gasteiger partial charge < -0.3 is 10.1 Å². The van der Waals surface area contributed by atoms with E-state index in [1.165, 1.54) is 49.8 Å². The molecule has 1 saturated heterocycles. The minimum absolute atomic E-state index is 0.0688. The number of rotatable bonds is 6. The molecule has 6 rings (SSSR count). The Morgan fingerprint density at radius 2 is 1.64 bits per heavy atom. The molecule has 0 radical (unpaired) electrons. The first-order valence-corrected chi connectivity index (χ1v) is 10.9. The highest BCUT2D eigenvalue weighted by Gasteiger charge is 2.51. The van der Waals surface area contributed by atoms with Crippen LogP contribution in [-0.4, -0.2) is 31.5 Å².